The monoisotopic (exact) mass is 338 g/mol. The minimum Gasteiger partial charge on any atom is -0.383 e. The zero-order chi connectivity index (χ0) is 17.7. The van der Waals surface area contributed by atoms with Crippen molar-refractivity contribution >= 4 is 23.2 Å². The van der Waals surface area contributed by atoms with Crippen molar-refractivity contribution in [2.45, 2.75) is 39.5 Å². The third-order valence-corrected chi connectivity index (χ3v) is 4.25. The summed E-state index contributed by atoms with van der Waals surface area (Å²) < 4.78 is 1.69. The first kappa shape index (κ1) is 15.4. The first-order valence-corrected chi connectivity index (χ1v) is 8.19. The molecule has 25 heavy (non-hydrogen) atoms. The fourth-order valence-electron chi connectivity index (χ4n) is 3.05. The van der Waals surface area contributed by atoms with Crippen LogP contribution in [0.15, 0.2) is 6.20 Å². The fourth-order valence-corrected chi connectivity index (χ4v) is 3.05. The number of amides is 1. The van der Waals surface area contributed by atoms with E-state index in [1.54, 1.807) is 17.6 Å². The van der Waals surface area contributed by atoms with E-state index in [2.05, 4.69) is 37.3 Å². The van der Waals surface area contributed by atoms with Crippen molar-refractivity contribution in [1.29, 1.82) is 0 Å². The van der Waals surface area contributed by atoms with Gasteiger partial charge < -0.3 is 11.1 Å². The lowest BCUT2D eigenvalue weighted by Gasteiger charge is -2.08. The van der Waals surface area contributed by atoms with Gasteiger partial charge in [0.05, 0.1) is 17.8 Å². The highest BCUT2D eigenvalue weighted by atomic mass is 16.2. The maximum Gasteiger partial charge on any atom is 0.233 e. The number of aryl methyl sites for hydroxylation is 2. The average molecular weight is 338 g/mol. The van der Waals surface area contributed by atoms with E-state index in [4.69, 9.17) is 5.73 Å². The van der Waals surface area contributed by atoms with Crippen LogP contribution in [0.4, 0.5) is 11.6 Å². The van der Waals surface area contributed by atoms with Crippen LogP contribution in [0.5, 0.6) is 0 Å². The number of anilines is 2. The molecule has 0 aromatic carbocycles. The maximum atomic E-state index is 11.9. The van der Waals surface area contributed by atoms with Crippen molar-refractivity contribution in [3.05, 3.63) is 23.3 Å². The van der Waals surface area contributed by atoms with Gasteiger partial charge in [-0.15, -0.1) is 0 Å². The van der Waals surface area contributed by atoms with Crippen LogP contribution in [0.1, 0.15) is 43.3 Å². The summed E-state index contributed by atoms with van der Waals surface area (Å²) in [4.78, 5) is 29.8. The number of carbonyl (C=O) groups excluding carboxylic acids is 1. The number of carbonyl (C=O) groups is 1. The Labute approximate surface area is 143 Å². The van der Waals surface area contributed by atoms with Crippen molar-refractivity contribution in [1.82, 2.24) is 29.5 Å². The van der Waals surface area contributed by atoms with E-state index in [1.165, 1.54) is 0 Å². The van der Waals surface area contributed by atoms with Crippen LogP contribution in [-0.4, -0.2) is 35.5 Å². The van der Waals surface area contributed by atoms with E-state index >= 15 is 0 Å². The Balaban J connectivity index is 1.89. The number of rotatable bonds is 3. The second kappa shape index (κ2) is 5.47. The summed E-state index contributed by atoms with van der Waals surface area (Å²) in [6.45, 7) is 5.69. The van der Waals surface area contributed by atoms with E-state index in [0.717, 1.165) is 24.2 Å². The number of fused-ring (bicyclic) bond motifs is 2. The van der Waals surface area contributed by atoms with Crippen LogP contribution < -0.4 is 11.1 Å². The van der Waals surface area contributed by atoms with E-state index in [-0.39, 0.29) is 11.8 Å². The SMILES string of the molecule is CCCc1nc(-c2nc(N)c3c(n2)NC(=O)[C@@H]3C)cn2nc(C)nc12. The summed E-state index contributed by atoms with van der Waals surface area (Å²) in [7, 11) is 0. The molecule has 4 heterocycles. The van der Waals surface area contributed by atoms with Gasteiger partial charge >= 0.3 is 0 Å². The summed E-state index contributed by atoms with van der Waals surface area (Å²) >= 11 is 0. The summed E-state index contributed by atoms with van der Waals surface area (Å²) in [5, 5.41) is 7.12. The fraction of sp³-hybridized carbons (Fsp3) is 0.375. The Morgan fingerprint density at radius 1 is 1.28 bits per heavy atom. The van der Waals surface area contributed by atoms with E-state index in [0.29, 0.717) is 34.5 Å². The average Bonchev–Trinajstić information content (AvgIpc) is 3.07. The predicted octanol–water partition coefficient (Wildman–Crippen LogP) is 1.48. The van der Waals surface area contributed by atoms with Gasteiger partial charge in [0.1, 0.15) is 23.2 Å². The van der Waals surface area contributed by atoms with Crippen molar-refractivity contribution in [3.8, 4) is 11.5 Å². The Kier molecular flexibility index (Phi) is 3.38. The van der Waals surface area contributed by atoms with Gasteiger partial charge in [-0.25, -0.2) is 24.5 Å². The highest BCUT2D eigenvalue weighted by Gasteiger charge is 2.31. The van der Waals surface area contributed by atoms with E-state index in [9.17, 15) is 4.79 Å². The molecule has 1 aliphatic heterocycles. The molecule has 4 rings (SSSR count). The third-order valence-electron chi connectivity index (χ3n) is 4.25. The quantitative estimate of drug-likeness (QED) is 0.741. The van der Waals surface area contributed by atoms with Crippen LogP contribution in [0, 0.1) is 6.92 Å². The van der Waals surface area contributed by atoms with Crippen molar-refractivity contribution < 1.29 is 4.79 Å². The molecule has 1 aliphatic rings. The molecular weight excluding hydrogens is 320 g/mol. The normalized spacial score (nSPS) is 16.3. The van der Waals surface area contributed by atoms with Gasteiger partial charge in [0.25, 0.3) is 0 Å². The number of nitrogens with one attached hydrogen (secondary N) is 1. The van der Waals surface area contributed by atoms with Gasteiger partial charge in [0, 0.05) is 5.56 Å². The summed E-state index contributed by atoms with van der Waals surface area (Å²) in [6.07, 6.45) is 3.43. The molecule has 9 nitrogen and oxygen atoms in total. The molecule has 3 N–H and O–H groups in total. The third kappa shape index (κ3) is 2.39. The van der Waals surface area contributed by atoms with Crippen molar-refractivity contribution in [2.75, 3.05) is 11.1 Å². The van der Waals surface area contributed by atoms with Crippen LogP contribution in [-0.2, 0) is 11.2 Å². The molecule has 0 radical (unpaired) electrons. The molecule has 0 saturated carbocycles. The molecule has 128 valence electrons. The van der Waals surface area contributed by atoms with E-state index in [1.807, 2.05) is 6.92 Å². The summed E-state index contributed by atoms with van der Waals surface area (Å²) in [5.41, 5.74) is 8.82. The van der Waals surface area contributed by atoms with Crippen molar-refractivity contribution in [3.63, 3.8) is 0 Å². The number of hydrogen-bond donors (Lipinski definition) is 2. The number of nitrogen functional groups attached to an aromatic ring is 1. The topological polar surface area (TPSA) is 124 Å². The molecule has 1 amide bonds. The van der Waals surface area contributed by atoms with Crippen LogP contribution in [0.3, 0.4) is 0 Å². The minimum absolute atomic E-state index is 0.130. The first-order valence-electron chi connectivity index (χ1n) is 8.19. The van der Waals surface area contributed by atoms with Crippen LogP contribution >= 0.6 is 0 Å². The summed E-state index contributed by atoms with van der Waals surface area (Å²) in [5.74, 6) is 1.29. The molecule has 3 aromatic rings. The zero-order valence-corrected chi connectivity index (χ0v) is 14.2. The summed E-state index contributed by atoms with van der Waals surface area (Å²) in [6, 6.07) is 0. The largest absolute Gasteiger partial charge is 0.383 e. The Morgan fingerprint density at radius 2 is 2.08 bits per heavy atom. The molecule has 0 bridgehead atoms. The highest BCUT2D eigenvalue weighted by molar-refractivity contribution is 6.03. The van der Waals surface area contributed by atoms with Gasteiger partial charge in [0.2, 0.25) is 5.91 Å². The predicted molar refractivity (Wildman–Crippen MR) is 92.0 cm³/mol. The molecule has 0 aliphatic carbocycles. The van der Waals surface area contributed by atoms with E-state index < -0.39 is 0 Å². The number of hydrogen-bond acceptors (Lipinski definition) is 7. The number of nitrogens with zero attached hydrogens (tertiary/aromatic N) is 6. The Bertz CT molecular complexity index is 1010. The molecule has 3 aromatic heterocycles. The zero-order valence-electron chi connectivity index (χ0n) is 14.2. The standard InChI is InChI=1S/C16H18N8O/c1-4-5-9-15-18-8(3)23-24(15)6-10(19-9)13-20-12(17)11-7(2)16(25)22-14(11)21-13/h6-7H,4-5H2,1-3H3,(H3,17,20,21,22,25)/t7-/m1/s1. The van der Waals surface area contributed by atoms with Crippen LogP contribution in [0.25, 0.3) is 17.2 Å². The van der Waals surface area contributed by atoms with Gasteiger partial charge in [-0.1, -0.05) is 13.3 Å². The molecule has 0 unspecified atom stereocenters. The first-order chi connectivity index (χ1) is 12.0. The van der Waals surface area contributed by atoms with Gasteiger partial charge in [0.15, 0.2) is 11.5 Å². The number of aromatic nitrogens is 6. The van der Waals surface area contributed by atoms with Crippen LogP contribution in [0.2, 0.25) is 0 Å². The highest BCUT2D eigenvalue weighted by Crippen LogP contribution is 2.35. The molecule has 1 atom stereocenters. The molecule has 0 saturated heterocycles. The lowest BCUT2D eigenvalue weighted by Crippen LogP contribution is -2.09. The molecular formula is C16H18N8O. The van der Waals surface area contributed by atoms with Crippen molar-refractivity contribution in [2.24, 2.45) is 0 Å². The Hall–Kier alpha value is -3.10. The van der Waals surface area contributed by atoms with Gasteiger partial charge in [-0.2, -0.15) is 5.10 Å². The molecule has 0 fully saturated rings. The maximum absolute atomic E-state index is 11.9. The lowest BCUT2D eigenvalue weighted by atomic mass is 10.1. The van der Waals surface area contributed by atoms with Gasteiger partial charge in [-0.3, -0.25) is 4.79 Å². The second-order valence-electron chi connectivity index (χ2n) is 6.16. The van der Waals surface area contributed by atoms with Gasteiger partial charge in [-0.05, 0) is 20.3 Å². The second-order valence-corrected chi connectivity index (χ2v) is 6.16. The molecule has 9 heteroatoms. The Morgan fingerprint density at radius 3 is 2.84 bits per heavy atom. The smallest absolute Gasteiger partial charge is 0.233 e. The minimum atomic E-state index is -0.354. The number of nitrogens with two attached hydrogens (primary N) is 1. The lowest BCUT2D eigenvalue weighted by molar-refractivity contribution is -0.116. The molecule has 0 spiro atoms.